The number of benzene rings is 2. The maximum Gasteiger partial charge on any atom is 0.261 e. The molecule has 4 aliphatic rings. The molecule has 6 rings (SSSR count). The van der Waals surface area contributed by atoms with E-state index in [-0.39, 0.29) is 15.3 Å². The molecule has 0 radical (unpaired) electrons. The largest absolute Gasteiger partial charge is 0.280 e. The van der Waals surface area contributed by atoms with Gasteiger partial charge >= 0.3 is 0 Å². The Labute approximate surface area is 190 Å². The van der Waals surface area contributed by atoms with Crippen LogP contribution in [0.1, 0.15) is 49.7 Å². The molecular formula is C24H30N2O4S2. The Balaban J connectivity index is 1.32. The van der Waals surface area contributed by atoms with Crippen LogP contribution >= 0.6 is 0 Å². The van der Waals surface area contributed by atoms with Crippen molar-refractivity contribution in [3.05, 3.63) is 53.6 Å². The molecule has 0 amide bonds. The van der Waals surface area contributed by atoms with Gasteiger partial charge in [-0.05, 0) is 118 Å². The third-order valence-electron chi connectivity index (χ3n) is 7.59. The van der Waals surface area contributed by atoms with Gasteiger partial charge in [0.15, 0.2) is 0 Å². The first-order chi connectivity index (χ1) is 15.0. The summed E-state index contributed by atoms with van der Waals surface area (Å²) in [6, 6.07) is 10.9. The van der Waals surface area contributed by atoms with Gasteiger partial charge in [0.1, 0.15) is 0 Å². The molecule has 0 saturated heterocycles. The molecule has 0 heterocycles. The first-order valence-electron chi connectivity index (χ1n) is 11.3. The summed E-state index contributed by atoms with van der Waals surface area (Å²) in [5.41, 5.74) is 1.93. The predicted molar refractivity (Wildman–Crippen MR) is 124 cm³/mol. The van der Waals surface area contributed by atoms with Crippen LogP contribution in [0.2, 0.25) is 0 Å². The van der Waals surface area contributed by atoms with E-state index in [1.807, 2.05) is 13.8 Å². The Morgan fingerprint density at radius 3 is 1.78 bits per heavy atom. The van der Waals surface area contributed by atoms with Crippen molar-refractivity contribution in [3.8, 4) is 0 Å². The summed E-state index contributed by atoms with van der Waals surface area (Å²) in [6.07, 6.45) is 6.55. The summed E-state index contributed by atoms with van der Waals surface area (Å²) < 4.78 is 57.3. The molecule has 2 N–H and O–H groups in total. The van der Waals surface area contributed by atoms with E-state index < -0.39 is 20.0 Å². The second kappa shape index (κ2) is 7.57. The minimum atomic E-state index is -3.75. The molecule has 6 nitrogen and oxygen atoms in total. The van der Waals surface area contributed by atoms with Gasteiger partial charge in [-0.15, -0.1) is 0 Å². The number of hydrogen-bond acceptors (Lipinski definition) is 4. The van der Waals surface area contributed by atoms with Gasteiger partial charge < -0.3 is 0 Å². The second-order valence-corrected chi connectivity index (χ2v) is 13.5. The molecule has 4 saturated carbocycles. The second-order valence-electron chi connectivity index (χ2n) is 10.2. The van der Waals surface area contributed by atoms with Crippen molar-refractivity contribution in [1.29, 1.82) is 0 Å². The minimum Gasteiger partial charge on any atom is -0.280 e. The lowest BCUT2D eigenvalue weighted by Crippen LogP contribution is -2.59. The van der Waals surface area contributed by atoms with Crippen molar-refractivity contribution in [1.82, 2.24) is 4.72 Å². The van der Waals surface area contributed by atoms with E-state index in [0.717, 1.165) is 30.4 Å². The molecule has 0 aliphatic heterocycles. The van der Waals surface area contributed by atoms with E-state index in [2.05, 4.69) is 9.44 Å². The SMILES string of the molecule is Cc1ccc(S(=O)(=O)Nc2ccc(S(=O)(=O)NC34CC5CC(CC(C5)C3)C4)cc2)cc1C. The number of aryl methyl sites for hydroxylation is 2. The highest BCUT2D eigenvalue weighted by molar-refractivity contribution is 7.92. The smallest absolute Gasteiger partial charge is 0.261 e. The summed E-state index contributed by atoms with van der Waals surface area (Å²) in [5, 5.41) is 0. The number of hydrogen-bond donors (Lipinski definition) is 2. The highest BCUT2D eigenvalue weighted by Gasteiger charge is 2.52. The van der Waals surface area contributed by atoms with Crippen LogP contribution in [0.4, 0.5) is 5.69 Å². The highest BCUT2D eigenvalue weighted by Crippen LogP contribution is 2.56. The number of sulfonamides is 2. The molecule has 2 aromatic rings. The molecule has 172 valence electrons. The quantitative estimate of drug-likeness (QED) is 0.651. The summed E-state index contributed by atoms with van der Waals surface area (Å²) in [4.78, 5) is 0.350. The van der Waals surface area contributed by atoms with Crippen LogP contribution in [-0.4, -0.2) is 22.4 Å². The molecule has 0 unspecified atom stereocenters. The first kappa shape index (κ1) is 21.9. The van der Waals surface area contributed by atoms with Gasteiger partial charge in [0.25, 0.3) is 10.0 Å². The zero-order valence-electron chi connectivity index (χ0n) is 18.5. The monoisotopic (exact) mass is 474 g/mol. The van der Waals surface area contributed by atoms with Crippen molar-refractivity contribution >= 4 is 25.7 Å². The van der Waals surface area contributed by atoms with Gasteiger partial charge in [-0.3, -0.25) is 4.72 Å². The first-order valence-corrected chi connectivity index (χ1v) is 14.2. The van der Waals surface area contributed by atoms with Gasteiger partial charge in [0.2, 0.25) is 10.0 Å². The van der Waals surface area contributed by atoms with Crippen molar-refractivity contribution in [3.63, 3.8) is 0 Å². The maximum atomic E-state index is 13.2. The van der Waals surface area contributed by atoms with Crippen LogP contribution in [0.15, 0.2) is 52.3 Å². The fourth-order valence-corrected chi connectivity index (χ4v) is 8.95. The zero-order valence-corrected chi connectivity index (χ0v) is 20.1. The normalized spacial score (nSPS) is 29.2. The van der Waals surface area contributed by atoms with Gasteiger partial charge in [-0.1, -0.05) is 6.07 Å². The Morgan fingerprint density at radius 2 is 1.25 bits per heavy atom. The summed E-state index contributed by atoms with van der Waals surface area (Å²) in [5.74, 6) is 1.93. The fraction of sp³-hybridized carbons (Fsp3) is 0.500. The number of rotatable bonds is 6. The van der Waals surface area contributed by atoms with Crippen LogP contribution in [0.5, 0.6) is 0 Å². The third kappa shape index (κ3) is 4.08. The Morgan fingerprint density at radius 1 is 0.719 bits per heavy atom. The highest BCUT2D eigenvalue weighted by atomic mass is 32.2. The van der Waals surface area contributed by atoms with Gasteiger partial charge in [-0.2, -0.15) is 0 Å². The van der Waals surface area contributed by atoms with Gasteiger partial charge in [0, 0.05) is 11.2 Å². The average molecular weight is 475 g/mol. The van der Waals surface area contributed by atoms with Gasteiger partial charge in [0.05, 0.1) is 9.79 Å². The lowest BCUT2D eigenvalue weighted by atomic mass is 9.53. The van der Waals surface area contributed by atoms with Crippen LogP contribution in [0.3, 0.4) is 0 Å². The summed E-state index contributed by atoms with van der Waals surface area (Å²) in [7, 11) is -7.43. The van der Waals surface area contributed by atoms with Crippen molar-refractivity contribution in [2.45, 2.75) is 67.7 Å². The van der Waals surface area contributed by atoms with Crippen molar-refractivity contribution < 1.29 is 16.8 Å². The molecule has 32 heavy (non-hydrogen) atoms. The lowest BCUT2D eigenvalue weighted by Gasteiger charge is -2.56. The molecule has 0 spiro atoms. The van der Waals surface area contributed by atoms with Crippen LogP contribution in [-0.2, 0) is 20.0 Å². The van der Waals surface area contributed by atoms with E-state index in [9.17, 15) is 16.8 Å². The van der Waals surface area contributed by atoms with Crippen LogP contribution in [0.25, 0.3) is 0 Å². The summed E-state index contributed by atoms with van der Waals surface area (Å²) in [6.45, 7) is 3.79. The Kier molecular flexibility index (Phi) is 5.18. The Bertz CT molecular complexity index is 1220. The van der Waals surface area contributed by atoms with Crippen LogP contribution < -0.4 is 9.44 Å². The maximum absolute atomic E-state index is 13.2. The Hall–Kier alpha value is -1.90. The lowest BCUT2D eigenvalue weighted by molar-refractivity contribution is -0.00810. The number of anilines is 1. The van der Waals surface area contributed by atoms with Crippen LogP contribution in [0, 0.1) is 31.6 Å². The van der Waals surface area contributed by atoms with Crippen molar-refractivity contribution in [2.24, 2.45) is 17.8 Å². The van der Waals surface area contributed by atoms with E-state index in [1.165, 1.54) is 43.5 Å². The molecule has 4 fully saturated rings. The van der Waals surface area contributed by atoms with E-state index in [4.69, 9.17) is 0 Å². The molecule has 8 heteroatoms. The fourth-order valence-electron chi connectivity index (χ4n) is 6.38. The van der Waals surface area contributed by atoms with E-state index in [1.54, 1.807) is 18.2 Å². The number of nitrogens with one attached hydrogen (secondary N) is 2. The standard InChI is InChI=1S/C24H30N2O4S2/c1-16-3-6-23(9-17(16)2)31(27,28)25-21-4-7-22(8-5-21)32(29,30)26-24-13-18-10-19(14-24)12-20(11-18)15-24/h3-9,18-20,25-26H,10-15H2,1-2H3. The zero-order chi connectivity index (χ0) is 22.7. The van der Waals surface area contributed by atoms with Crippen molar-refractivity contribution in [2.75, 3.05) is 4.72 Å². The molecule has 4 aliphatic carbocycles. The molecule has 4 bridgehead atoms. The molecule has 0 atom stereocenters. The molecule has 0 aromatic heterocycles. The predicted octanol–water partition coefficient (Wildman–Crippen LogP) is 4.35. The van der Waals surface area contributed by atoms with E-state index in [0.29, 0.717) is 23.4 Å². The minimum absolute atomic E-state index is 0.169. The topological polar surface area (TPSA) is 92.3 Å². The van der Waals surface area contributed by atoms with E-state index >= 15 is 0 Å². The molecular weight excluding hydrogens is 444 g/mol. The summed E-state index contributed by atoms with van der Waals surface area (Å²) >= 11 is 0. The van der Waals surface area contributed by atoms with Gasteiger partial charge in [-0.25, -0.2) is 21.6 Å². The molecule has 2 aromatic carbocycles. The average Bonchev–Trinajstić information content (AvgIpc) is 2.68. The third-order valence-corrected chi connectivity index (χ3v) is 10.6.